The lowest BCUT2D eigenvalue weighted by atomic mass is 9.94. The van der Waals surface area contributed by atoms with Gasteiger partial charge in [-0.1, -0.05) is 55.5 Å². The van der Waals surface area contributed by atoms with Crippen LogP contribution in [0.3, 0.4) is 0 Å². The fourth-order valence-electron chi connectivity index (χ4n) is 2.57. The first-order valence-electron chi connectivity index (χ1n) is 8.34. The summed E-state index contributed by atoms with van der Waals surface area (Å²) in [6.07, 6.45) is 0. The average molecular weight is 412 g/mol. The summed E-state index contributed by atoms with van der Waals surface area (Å²) in [6, 6.07) is 15.6. The Morgan fingerprint density at radius 1 is 1.07 bits per heavy atom. The zero-order valence-corrected chi connectivity index (χ0v) is 17.3. The number of nitrogens with zero attached hydrogens (tertiary/aromatic N) is 1. The molecule has 2 aromatic rings. The van der Waals surface area contributed by atoms with Gasteiger partial charge in [0.15, 0.2) is 0 Å². The molecular formula is C19H26ClN3O3S. The zero-order valence-electron chi connectivity index (χ0n) is 15.6. The molecule has 0 saturated heterocycles. The average Bonchev–Trinajstić information content (AvgIpc) is 2.65. The first-order valence-corrected chi connectivity index (χ1v) is 9.78. The maximum Gasteiger partial charge on any atom is 0.242 e. The summed E-state index contributed by atoms with van der Waals surface area (Å²) in [6.45, 7) is 1.88. The summed E-state index contributed by atoms with van der Waals surface area (Å²) >= 11 is 0. The van der Waals surface area contributed by atoms with E-state index in [2.05, 4.69) is 5.32 Å². The number of amides is 1. The van der Waals surface area contributed by atoms with Crippen molar-refractivity contribution in [3.05, 3.63) is 65.7 Å². The molecule has 6 nitrogen and oxygen atoms in total. The minimum atomic E-state index is -3.58. The van der Waals surface area contributed by atoms with Gasteiger partial charge >= 0.3 is 0 Å². The van der Waals surface area contributed by atoms with Crippen molar-refractivity contribution in [2.75, 3.05) is 14.1 Å². The van der Waals surface area contributed by atoms with E-state index in [4.69, 9.17) is 5.73 Å². The van der Waals surface area contributed by atoms with Gasteiger partial charge in [-0.2, -0.15) is 0 Å². The molecule has 0 heterocycles. The van der Waals surface area contributed by atoms with E-state index in [9.17, 15) is 13.2 Å². The fourth-order valence-corrected chi connectivity index (χ4v) is 3.68. The van der Waals surface area contributed by atoms with Crippen LogP contribution < -0.4 is 11.1 Å². The van der Waals surface area contributed by atoms with Crippen LogP contribution in [0.4, 0.5) is 0 Å². The van der Waals surface area contributed by atoms with Crippen molar-refractivity contribution in [2.45, 2.75) is 24.4 Å². The largest absolute Gasteiger partial charge is 0.352 e. The topological polar surface area (TPSA) is 92.5 Å². The Bertz CT molecular complexity index is 858. The predicted octanol–water partition coefficient (Wildman–Crippen LogP) is 2.31. The lowest BCUT2D eigenvalue weighted by Crippen LogP contribution is -2.35. The van der Waals surface area contributed by atoms with Crippen LogP contribution in [0.5, 0.6) is 0 Å². The molecule has 8 heteroatoms. The Morgan fingerprint density at radius 2 is 1.63 bits per heavy atom. The molecule has 0 fully saturated rings. The van der Waals surface area contributed by atoms with E-state index in [-0.39, 0.29) is 29.8 Å². The third kappa shape index (κ3) is 5.52. The molecule has 3 N–H and O–H groups in total. The summed E-state index contributed by atoms with van der Waals surface area (Å²) in [5, 5.41) is 2.80. The first-order chi connectivity index (χ1) is 12.2. The van der Waals surface area contributed by atoms with Gasteiger partial charge in [0.2, 0.25) is 15.9 Å². The van der Waals surface area contributed by atoms with Gasteiger partial charge in [-0.25, -0.2) is 12.7 Å². The monoisotopic (exact) mass is 411 g/mol. The number of hydrogen-bond acceptors (Lipinski definition) is 4. The van der Waals surface area contributed by atoms with Crippen LogP contribution in [0.25, 0.3) is 0 Å². The van der Waals surface area contributed by atoms with E-state index in [0.29, 0.717) is 5.56 Å². The Kier molecular flexibility index (Phi) is 8.43. The number of nitrogens with one attached hydrogen (secondary N) is 1. The summed E-state index contributed by atoms with van der Waals surface area (Å²) in [5.74, 6) is -0.673. The highest BCUT2D eigenvalue weighted by Crippen LogP contribution is 2.21. The normalized spacial score (nSPS) is 13.5. The number of carbonyl (C=O) groups excluding carboxylic acids is 1. The van der Waals surface area contributed by atoms with Crippen LogP contribution in [0.1, 0.15) is 24.1 Å². The van der Waals surface area contributed by atoms with E-state index in [1.54, 1.807) is 25.1 Å². The second-order valence-corrected chi connectivity index (χ2v) is 8.46. The van der Waals surface area contributed by atoms with E-state index >= 15 is 0 Å². The summed E-state index contributed by atoms with van der Waals surface area (Å²) in [5.41, 5.74) is 7.60. The van der Waals surface area contributed by atoms with Gasteiger partial charge in [-0.15, -0.1) is 12.4 Å². The van der Waals surface area contributed by atoms with Crippen molar-refractivity contribution in [1.29, 1.82) is 0 Å². The van der Waals surface area contributed by atoms with Crippen molar-refractivity contribution in [2.24, 2.45) is 11.7 Å². The summed E-state index contributed by atoms with van der Waals surface area (Å²) in [7, 11) is -0.622. The molecule has 0 aliphatic rings. The molecule has 2 aromatic carbocycles. The molecule has 0 radical (unpaired) electrons. The summed E-state index contributed by atoms with van der Waals surface area (Å²) in [4.78, 5) is 12.7. The van der Waals surface area contributed by atoms with Crippen molar-refractivity contribution >= 4 is 28.3 Å². The first kappa shape index (κ1) is 23.1. The van der Waals surface area contributed by atoms with E-state index in [1.165, 1.54) is 20.2 Å². The number of sulfonamides is 1. The van der Waals surface area contributed by atoms with Crippen LogP contribution >= 0.6 is 12.4 Å². The molecular weight excluding hydrogens is 386 g/mol. The van der Waals surface area contributed by atoms with Crippen LogP contribution in [-0.2, 0) is 21.4 Å². The van der Waals surface area contributed by atoms with Crippen molar-refractivity contribution in [1.82, 2.24) is 9.62 Å². The standard InChI is InChI=1S/C19H25N3O3S.ClH/c1-14(18(20)15-9-5-4-6-10-15)19(23)21-13-16-11-7-8-12-17(16)26(24,25)22(2)3;/h4-12,14,18H,13,20H2,1-3H3,(H,21,23);1H. The molecule has 1 amide bonds. The Morgan fingerprint density at radius 3 is 2.22 bits per heavy atom. The molecule has 0 saturated carbocycles. The highest BCUT2D eigenvalue weighted by Gasteiger charge is 2.24. The minimum Gasteiger partial charge on any atom is -0.352 e. The Hall–Kier alpha value is -1.93. The molecule has 0 bridgehead atoms. The van der Waals surface area contributed by atoms with Gasteiger partial charge in [-0.3, -0.25) is 4.79 Å². The van der Waals surface area contributed by atoms with E-state index in [1.807, 2.05) is 30.3 Å². The highest BCUT2D eigenvalue weighted by molar-refractivity contribution is 7.89. The number of benzene rings is 2. The quantitative estimate of drug-likeness (QED) is 0.731. The van der Waals surface area contributed by atoms with Gasteiger partial charge in [0.05, 0.1) is 10.8 Å². The number of rotatable bonds is 7. The van der Waals surface area contributed by atoms with Crippen molar-refractivity contribution in [3.8, 4) is 0 Å². The fraction of sp³-hybridized carbons (Fsp3) is 0.316. The lowest BCUT2D eigenvalue weighted by molar-refractivity contribution is -0.125. The molecule has 148 valence electrons. The molecule has 0 aromatic heterocycles. The summed E-state index contributed by atoms with van der Waals surface area (Å²) < 4.78 is 26.0. The molecule has 2 rings (SSSR count). The predicted molar refractivity (Wildman–Crippen MR) is 109 cm³/mol. The molecule has 0 aliphatic heterocycles. The van der Waals surface area contributed by atoms with E-state index < -0.39 is 22.0 Å². The smallest absolute Gasteiger partial charge is 0.242 e. The van der Waals surface area contributed by atoms with Crippen molar-refractivity contribution < 1.29 is 13.2 Å². The maximum atomic E-state index is 12.5. The Labute approximate surface area is 167 Å². The van der Waals surface area contributed by atoms with Crippen LogP contribution in [-0.4, -0.2) is 32.7 Å². The second-order valence-electron chi connectivity index (χ2n) is 6.34. The number of carbonyl (C=O) groups is 1. The van der Waals surface area contributed by atoms with E-state index in [0.717, 1.165) is 9.87 Å². The van der Waals surface area contributed by atoms with Crippen LogP contribution in [0.2, 0.25) is 0 Å². The third-order valence-corrected chi connectivity index (χ3v) is 6.24. The van der Waals surface area contributed by atoms with Gasteiger partial charge in [0.25, 0.3) is 0 Å². The molecule has 27 heavy (non-hydrogen) atoms. The van der Waals surface area contributed by atoms with Gasteiger partial charge in [0.1, 0.15) is 0 Å². The van der Waals surface area contributed by atoms with Crippen LogP contribution in [0.15, 0.2) is 59.5 Å². The lowest BCUT2D eigenvalue weighted by Gasteiger charge is -2.20. The Balaban J connectivity index is 0.00000364. The molecule has 0 aliphatic carbocycles. The third-order valence-electron chi connectivity index (χ3n) is 4.32. The maximum absolute atomic E-state index is 12.5. The SMILES string of the molecule is CC(C(=O)NCc1ccccc1S(=O)(=O)N(C)C)C(N)c1ccccc1.Cl. The minimum absolute atomic E-state index is 0. The van der Waals surface area contributed by atoms with Crippen LogP contribution in [0, 0.1) is 5.92 Å². The number of hydrogen-bond donors (Lipinski definition) is 2. The molecule has 0 spiro atoms. The zero-order chi connectivity index (χ0) is 19.3. The van der Waals surface area contributed by atoms with Gasteiger partial charge in [0, 0.05) is 26.7 Å². The highest BCUT2D eigenvalue weighted by atomic mass is 35.5. The van der Waals surface area contributed by atoms with Gasteiger partial charge < -0.3 is 11.1 Å². The number of nitrogens with two attached hydrogens (primary N) is 1. The van der Waals surface area contributed by atoms with Gasteiger partial charge in [-0.05, 0) is 17.2 Å². The number of halogens is 1. The molecule has 2 atom stereocenters. The van der Waals surface area contributed by atoms with Crippen molar-refractivity contribution in [3.63, 3.8) is 0 Å². The second kappa shape index (κ2) is 9.85. The molecule has 2 unspecified atom stereocenters.